The summed E-state index contributed by atoms with van der Waals surface area (Å²) in [5.74, 6) is -0.121. The first-order valence-corrected chi connectivity index (χ1v) is 21.5. The minimum atomic E-state index is -1.03. The summed E-state index contributed by atoms with van der Waals surface area (Å²) in [4.78, 5) is 22.2. The lowest BCUT2D eigenvalue weighted by Crippen LogP contribution is -2.25. The molecule has 338 valence electrons. The number of hydrogen-bond donors (Lipinski definition) is 6. The Kier molecular flexibility index (Phi) is 16.8. The summed E-state index contributed by atoms with van der Waals surface area (Å²) in [6, 6.07) is 34.5. The number of benzene rings is 6. The molecular formula is C55H64O9. The molecule has 0 bridgehead atoms. The minimum absolute atomic E-state index is 0.0586. The highest BCUT2D eigenvalue weighted by atomic mass is 16.5. The van der Waals surface area contributed by atoms with Gasteiger partial charge in [-0.2, -0.15) is 0 Å². The Hall–Kier alpha value is -6.74. The fourth-order valence-corrected chi connectivity index (χ4v) is 7.36. The van der Waals surface area contributed by atoms with E-state index in [-0.39, 0.29) is 36.4 Å². The van der Waals surface area contributed by atoms with Crippen LogP contribution in [0.25, 0.3) is 11.1 Å². The molecule has 6 aromatic rings. The summed E-state index contributed by atoms with van der Waals surface area (Å²) in [5, 5.41) is 57.0. The molecule has 0 aliphatic carbocycles. The van der Waals surface area contributed by atoms with Crippen molar-refractivity contribution in [1.82, 2.24) is 0 Å². The van der Waals surface area contributed by atoms with E-state index in [2.05, 4.69) is 58.9 Å². The Bertz CT molecular complexity index is 2430. The second-order valence-electron chi connectivity index (χ2n) is 17.5. The van der Waals surface area contributed by atoms with Gasteiger partial charge in [-0.3, -0.25) is 9.59 Å². The zero-order valence-electron chi connectivity index (χ0n) is 38.8. The van der Waals surface area contributed by atoms with E-state index in [1.807, 2.05) is 89.2 Å². The van der Waals surface area contributed by atoms with Crippen molar-refractivity contribution in [1.29, 1.82) is 0 Å². The van der Waals surface area contributed by atoms with Crippen LogP contribution in [-0.4, -0.2) is 49.2 Å². The third-order valence-corrected chi connectivity index (χ3v) is 12.2. The SMILES string of the molecule is Cc1cc(-c2ccc(O)c(C)c2)ccc1O.Cc1cc(C(C)(CCCOC(=O)CCC(=O)O)c2ccc(O)c(C)c2)ccc1O.Cc1ccc(C(C)(C)c2ccc(O)c(C)c2)cc1C. The molecule has 6 rings (SSSR count). The summed E-state index contributed by atoms with van der Waals surface area (Å²) in [5.41, 5.74) is 13.0. The van der Waals surface area contributed by atoms with Crippen LogP contribution in [-0.2, 0) is 25.2 Å². The summed E-state index contributed by atoms with van der Waals surface area (Å²) in [6.07, 6.45) is 0.861. The third kappa shape index (κ3) is 12.9. The Morgan fingerprint density at radius 1 is 0.453 bits per heavy atom. The van der Waals surface area contributed by atoms with Gasteiger partial charge in [0.1, 0.15) is 28.7 Å². The lowest BCUT2D eigenvalue weighted by Gasteiger charge is -2.32. The Morgan fingerprint density at radius 2 is 0.812 bits per heavy atom. The van der Waals surface area contributed by atoms with Gasteiger partial charge in [0.2, 0.25) is 0 Å². The van der Waals surface area contributed by atoms with Crippen LogP contribution in [0.15, 0.2) is 109 Å². The molecular weight excluding hydrogens is 805 g/mol. The smallest absolute Gasteiger partial charge is 0.306 e. The van der Waals surface area contributed by atoms with Gasteiger partial charge in [-0.15, -0.1) is 0 Å². The predicted molar refractivity (Wildman–Crippen MR) is 255 cm³/mol. The molecule has 0 fully saturated rings. The fraction of sp³-hybridized carbons (Fsp3) is 0.309. The molecule has 64 heavy (non-hydrogen) atoms. The molecule has 0 heterocycles. The maximum Gasteiger partial charge on any atom is 0.306 e. The van der Waals surface area contributed by atoms with E-state index >= 15 is 0 Å². The van der Waals surface area contributed by atoms with Gasteiger partial charge < -0.3 is 35.4 Å². The summed E-state index contributed by atoms with van der Waals surface area (Å²) in [6.45, 7) is 20.4. The van der Waals surface area contributed by atoms with Crippen molar-refractivity contribution >= 4 is 11.9 Å². The van der Waals surface area contributed by atoms with E-state index in [0.717, 1.165) is 50.1 Å². The second kappa shape index (κ2) is 21.6. The number of carbonyl (C=O) groups excluding carboxylic acids is 1. The molecule has 6 aromatic carbocycles. The van der Waals surface area contributed by atoms with Gasteiger partial charge in [-0.25, -0.2) is 0 Å². The molecule has 0 saturated carbocycles. The summed E-state index contributed by atoms with van der Waals surface area (Å²) < 4.78 is 5.16. The average Bonchev–Trinajstić information content (AvgIpc) is 3.25. The number of phenolic OH excluding ortho intramolecular Hbond substituents is 5. The first-order valence-electron chi connectivity index (χ1n) is 21.5. The number of hydrogen-bond acceptors (Lipinski definition) is 8. The molecule has 0 aliphatic rings. The third-order valence-electron chi connectivity index (χ3n) is 12.2. The lowest BCUT2D eigenvalue weighted by molar-refractivity contribution is -0.147. The van der Waals surface area contributed by atoms with E-state index in [4.69, 9.17) is 9.84 Å². The number of carboxylic acids is 1. The summed E-state index contributed by atoms with van der Waals surface area (Å²) >= 11 is 0. The molecule has 0 amide bonds. The van der Waals surface area contributed by atoms with E-state index in [9.17, 15) is 35.1 Å². The standard InChI is InChI=1S/C23H28O6.C18H22O.C14H14O2/c1-15-13-17(5-7-19(15)24)23(3,18-6-8-20(25)16(2)14-18)11-4-12-29-22(28)10-9-21(26)27;1-12-6-7-15(10-13(12)2)18(4,5)16-8-9-17(19)14(3)11-16;1-9-7-11(3-5-13(9)15)12-4-6-14(16)10(2)8-12/h5-8,13-14,24-25H,4,9-12H2,1-3H3,(H,26,27);6-11,19H,1-5H3;3-8,15-16H,1-2H3. The van der Waals surface area contributed by atoms with Crippen molar-refractivity contribution in [2.45, 2.75) is 106 Å². The van der Waals surface area contributed by atoms with Gasteiger partial charge in [0.15, 0.2) is 0 Å². The van der Waals surface area contributed by atoms with Gasteiger partial charge in [0.05, 0.1) is 19.4 Å². The molecule has 9 heteroatoms. The molecule has 9 nitrogen and oxygen atoms in total. The Labute approximate surface area is 378 Å². The maximum absolute atomic E-state index is 11.6. The van der Waals surface area contributed by atoms with Crippen LogP contribution in [0.1, 0.15) is 108 Å². The fourth-order valence-electron chi connectivity index (χ4n) is 7.36. The zero-order chi connectivity index (χ0) is 47.5. The van der Waals surface area contributed by atoms with Crippen molar-refractivity contribution in [2.75, 3.05) is 6.61 Å². The van der Waals surface area contributed by atoms with Crippen molar-refractivity contribution in [3.8, 4) is 39.9 Å². The average molecular weight is 869 g/mol. The van der Waals surface area contributed by atoms with Crippen LogP contribution >= 0.6 is 0 Å². The maximum atomic E-state index is 11.6. The highest BCUT2D eigenvalue weighted by Crippen LogP contribution is 2.40. The van der Waals surface area contributed by atoms with E-state index in [0.29, 0.717) is 30.1 Å². The number of rotatable bonds is 12. The van der Waals surface area contributed by atoms with Crippen molar-refractivity contribution < 1.29 is 45.0 Å². The largest absolute Gasteiger partial charge is 0.508 e. The molecule has 0 spiro atoms. The van der Waals surface area contributed by atoms with E-state index < -0.39 is 17.4 Å². The van der Waals surface area contributed by atoms with Crippen molar-refractivity contribution in [2.24, 2.45) is 0 Å². The number of carboxylic acid groups (broad SMARTS) is 1. The highest BCUT2D eigenvalue weighted by molar-refractivity contribution is 5.76. The molecule has 0 saturated heterocycles. The Morgan fingerprint density at radius 3 is 1.20 bits per heavy atom. The molecule has 0 atom stereocenters. The van der Waals surface area contributed by atoms with Gasteiger partial charge >= 0.3 is 11.9 Å². The monoisotopic (exact) mass is 868 g/mol. The molecule has 0 unspecified atom stereocenters. The van der Waals surface area contributed by atoms with Gasteiger partial charge in [-0.1, -0.05) is 87.5 Å². The number of carbonyl (C=O) groups is 2. The van der Waals surface area contributed by atoms with Crippen molar-refractivity contribution in [3.05, 3.63) is 170 Å². The molecule has 6 N–H and O–H groups in total. The van der Waals surface area contributed by atoms with Gasteiger partial charge in [0, 0.05) is 10.8 Å². The van der Waals surface area contributed by atoms with Crippen LogP contribution in [0.4, 0.5) is 0 Å². The van der Waals surface area contributed by atoms with Gasteiger partial charge in [-0.05, 0) is 176 Å². The summed E-state index contributed by atoms with van der Waals surface area (Å²) in [7, 11) is 0. The van der Waals surface area contributed by atoms with Crippen LogP contribution < -0.4 is 0 Å². The molecule has 0 aromatic heterocycles. The number of aromatic hydroxyl groups is 5. The van der Waals surface area contributed by atoms with E-state index in [1.165, 1.54) is 22.3 Å². The highest BCUT2D eigenvalue weighted by Gasteiger charge is 2.30. The number of aryl methyl sites for hydroxylation is 7. The van der Waals surface area contributed by atoms with Crippen LogP contribution in [0.5, 0.6) is 28.7 Å². The van der Waals surface area contributed by atoms with Crippen LogP contribution in [0, 0.1) is 48.5 Å². The van der Waals surface area contributed by atoms with Gasteiger partial charge in [0.25, 0.3) is 0 Å². The normalized spacial score (nSPS) is 11.2. The quantitative estimate of drug-likeness (QED) is 0.0519. The number of aliphatic carboxylic acids is 1. The van der Waals surface area contributed by atoms with Crippen LogP contribution in [0.3, 0.4) is 0 Å². The minimum Gasteiger partial charge on any atom is -0.508 e. The topological polar surface area (TPSA) is 165 Å². The Balaban J connectivity index is 0.000000222. The number of esters is 1. The second-order valence-corrected chi connectivity index (χ2v) is 17.5. The predicted octanol–water partition coefficient (Wildman–Crippen LogP) is 12.2. The van der Waals surface area contributed by atoms with Crippen LogP contribution in [0.2, 0.25) is 0 Å². The van der Waals surface area contributed by atoms with Crippen molar-refractivity contribution in [3.63, 3.8) is 0 Å². The van der Waals surface area contributed by atoms with E-state index in [1.54, 1.807) is 30.3 Å². The number of ether oxygens (including phenoxy) is 1. The molecule has 0 radical (unpaired) electrons. The first kappa shape index (κ1) is 49.9. The molecule has 0 aliphatic heterocycles. The number of phenols is 5. The lowest BCUT2D eigenvalue weighted by atomic mass is 9.72. The first-order chi connectivity index (χ1) is 30.0. The zero-order valence-corrected chi connectivity index (χ0v) is 38.8.